The minimum Gasteiger partial charge on any atom is -0.463 e. The first kappa shape index (κ1) is 17.9. The highest BCUT2D eigenvalue weighted by Crippen LogP contribution is 2.18. The Balaban J connectivity index is 1.50. The number of carbonyl (C=O) groups is 1. The molecule has 0 saturated heterocycles. The number of hydrogen-bond donors (Lipinski definition) is 2. The van der Waals surface area contributed by atoms with Crippen LogP contribution in [0.25, 0.3) is 22.2 Å². The van der Waals surface area contributed by atoms with E-state index in [1.165, 1.54) is 12.5 Å². The number of aromatic amines is 1. The van der Waals surface area contributed by atoms with E-state index in [2.05, 4.69) is 36.7 Å². The third kappa shape index (κ3) is 3.63. The number of hydrogen-bond acceptors (Lipinski definition) is 5. The van der Waals surface area contributed by atoms with Crippen LogP contribution < -0.4 is 10.9 Å². The zero-order valence-electron chi connectivity index (χ0n) is 14.3. The highest BCUT2D eigenvalue weighted by Gasteiger charge is 2.10. The third-order valence-electron chi connectivity index (χ3n) is 4.02. The second-order valence-corrected chi connectivity index (χ2v) is 6.81. The van der Waals surface area contributed by atoms with E-state index in [4.69, 9.17) is 4.42 Å². The Morgan fingerprint density at radius 3 is 2.82 bits per heavy atom. The van der Waals surface area contributed by atoms with E-state index in [1.54, 1.807) is 24.3 Å². The predicted molar refractivity (Wildman–Crippen MR) is 109 cm³/mol. The van der Waals surface area contributed by atoms with Gasteiger partial charge in [-0.2, -0.15) is 10.2 Å². The summed E-state index contributed by atoms with van der Waals surface area (Å²) < 4.78 is 6.20. The lowest BCUT2D eigenvalue weighted by Gasteiger charge is -1.99. The fourth-order valence-electron chi connectivity index (χ4n) is 2.62. The Bertz CT molecular complexity index is 1250. The van der Waals surface area contributed by atoms with Gasteiger partial charge in [0.1, 0.15) is 17.5 Å². The van der Waals surface area contributed by atoms with Crippen LogP contribution in [0, 0.1) is 0 Å². The fraction of sp³-hybridized carbons (Fsp3) is 0. The number of rotatable bonds is 4. The molecule has 0 spiro atoms. The summed E-state index contributed by atoms with van der Waals surface area (Å²) in [6, 6.07) is 16.3. The zero-order valence-corrected chi connectivity index (χ0v) is 15.9. The summed E-state index contributed by atoms with van der Waals surface area (Å²) in [4.78, 5) is 24.7. The molecule has 0 saturated carbocycles. The molecule has 0 bridgehead atoms. The van der Waals surface area contributed by atoms with Gasteiger partial charge in [0.2, 0.25) is 5.43 Å². The molecule has 8 heteroatoms. The van der Waals surface area contributed by atoms with Crippen molar-refractivity contribution in [1.82, 2.24) is 15.6 Å². The Morgan fingerprint density at radius 1 is 1.18 bits per heavy atom. The standard InChI is InChI=1S/C20H13BrN4O3/c21-14-6-7-18-15(8-14)19(26)13(11-28-18)10-22-25-20(27)17-9-16(23-24-17)12-4-2-1-3-5-12/h1-11H,(H,23,24)(H,25,27)/b22-10+. The molecule has 0 fully saturated rings. The van der Waals surface area contributed by atoms with Gasteiger partial charge in [-0.3, -0.25) is 14.7 Å². The fourth-order valence-corrected chi connectivity index (χ4v) is 2.98. The van der Waals surface area contributed by atoms with E-state index in [0.29, 0.717) is 16.7 Å². The predicted octanol–water partition coefficient (Wildman–Crippen LogP) is 3.71. The summed E-state index contributed by atoms with van der Waals surface area (Å²) in [6.45, 7) is 0. The lowest BCUT2D eigenvalue weighted by molar-refractivity contribution is 0.0950. The van der Waals surface area contributed by atoms with Crippen LogP contribution in [0.2, 0.25) is 0 Å². The number of H-pyrrole nitrogens is 1. The van der Waals surface area contributed by atoms with Crippen LogP contribution in [0.3, 0.4) is 0 Å². The van der Waals surface area contributed by atoms with Crippen LogP contribution in [-0.4, -0.2) is 22.3 Å². The molecule has 0 radical (unpaired) electrons. The molecule has 0 aliphatic rings. The van der Waals surface area contributed by atoms with Gasteiger partial charge in [-0.25, -0.2) is 5.43 Å². The number of halogens is 1. The number of nitrogens with one attached hydrogen (secondary N) is 2. The van der Waals surface area contributed by atoms with Crippen molar-refractivity contribution >= 4 is 39.0 Å². The van der Waals surface area contributed by atoms with Gasteiger partial charge >= 0.3 is 0 Å². The van der Waals surface area contributed by atoms with Gasteiger partial charge in [-0.05, 0) is 24.3 Å². The minimum absolute atomic E-state index is 0.223. The van der Waals surface area contributed by atoms with Crippen molar-refractivity contribution in [1.29, 1.82) is 0 Å². The molecule has 0 aliphatic carbocycles. The SMILES string of the molecule is O=C(N/N=C/c1coc2ccc(Br)cc2c1=O)c1cc(-c2ccccc2)n[nH]1. The van der Waals surface area contributed by atoms with Crippen LogP contribution >= 0.6 is 15.9 Å². The van der Waals surface area contributed by atoms with Crippen LogP contribution in [0.1, 0.15) is 16.1 Å². The van der Waals surface area contributed by atoms with Crippen molar-refractivity contribution in [3.05, 3.63) is 86.8 Å². The van der Waals surface area contributed by atoms with Crippen molar-refractivity contribution in [3.8, 4) is 11.3 Å². The summed E-state index contributed by atoms with van der Waals surface area (Å²) in [6.07, 6.45) is 2.55. The van der Waals surface area contributed by atoms with Crippen molar-refractivity contribution in [3.63, 3.8) is 0 Å². The van der Waals surface area contributed by atoms with Crippen molar-refractivity contribution < 1.29 is 9.21 Å². The Morgan fingerprint density at radius 2 is 2.00 bits per heavy atom. The topological polar surface area (TPSA) is 100 Å². The maximum Gasteiger partial charge on any atom is 0.289 e. The van der Waals surface area contributed by atoms with Crippen LogP contribution in [0.5, 0.6) is 0 Å². The molecule has 7 nitrogen and oxygen atoms in total. The Hall–Kier alpha value is -3.52. The highest BCUT2D eigenvalue weighted by molar-refractivity contribution is 9.10. The molecule has 138 valence electrons. The number of fused-ring (bicyclic) bond motifs is 1. The molecule has 1 amide bonds. The number of carbonyl (C=O) groups excluding carboxylic acids is 1. The first-order chi connectivity index (χ1) is 13.6. The number of benzene rings is 2. The van der Waals surface area contributed by atoms with Crippen LogP contribution in [-0.2, 0) is 0 Å². The van der Waals surface area contributed by atoms with Crippen molar-refractivity contribution in [2.75, 3.05) is 0 Å². The molecule has 2 heterocycles. The summed E-state index contributed by atoms with van der Waals surface area (Å²) in [5, 5.41) is 11.1. The largest absolute Gasteiger partial charge is 0.463 e. The highest BCUT2D eigenvalue weighted by atomic mass is 79.9. The van der Waals surface area contributed by atoms with Gasteiger partial charge in [0.05, 0.1) is 22.9 Å². The normalized spacial score (nSPS) is 11.2. The van der Waals surface area contributed by atoms with Gasteiger partial charge in [-0.1, -0.05) is 46.3 Å². The van der Waals surface area contributed by atoms with E-state index in [0.717, 1.165) is 10.0 Å². The van der Waals surface area contributed by atoms with Gasteiger partial charge in [0.25, 0.3) is 5.91 Å². The number of aromatic nitrogens is 2. The molecule has 2 N–H and O–H groups in total. The number of amides is 1. The molecule has 0 atom stereocenters. The second kappa shape index (κ2) is 7.61. The van der Waals surface area contributed by atoms with E-state index in [1.807, 2.05) is 30.3 Å². The molecule has 0 unspecified atom stereocenters. The Kier molecular flexibility index (Phi) is 4.86. The molecule has 28 heavy (non-hydrogen) atoms. The quantitative estimate of drug-likeness (QED) is 0.376. The molecule has 4 aromatic rings. The smallest absolute Gasteiger partial charge is 0.289 e. The van der Waals surface area contributed by atoms with E-state index in [-0.39, 0.29) is 16.7 Å². The second-order valence-electron chi connectivity index (χ2n) is 5.89. The maximum absolute atomic E-state index is 12.5. The third-order valence-corrected chi connectivity index (χ3v) is 4.52. The van der Waals surface area contributed by atoms with Gasteiger partial charge in [0.15, 0.2) is 0 Å². The van der Waals surface area contributed by atoms with Gasteiger partial charge < -0.3 is 4.42 Å². The lowest BCUT2D eigenvalue weighted by atomic mass is 10.1. The van der Waals surface area contributed by atoms with Crippen molar-refractivity contribution in [2.45, 2.75) is 0 Å². The summed E-state index contributed by atoms with van der Waals surface area (Å²) in [7, 11) is 0. The van der Waals surface area contributed by atoms with Crippen LogP contribution in [0.15, 0.2) is 79.6 Å². The molecule has 0 aliphatic heterocycles. The first-order valence-corrected chi connectivity index (χ1v) is 9.06. The van der Waals surface area contributed by atoms with Gasteiger partial charge in [0, 0.05) is 10.0 Å². The summed E-state index contributed by atoms with van der Waals surface area (Å²) >= 11 is 3.33. The van der Waals surface area contributed by atoms with E-state index >= 15 is 0 Å². The molecular weight excluding hydrogens is 424 g/mol. The minimum atomic E-state index is -0.473. The summed E-state index contributed by atoms with van der Waals surface area (Å²) in [5.74, 6) is -0.473. The molecule has 2 aromatic carbocycles. The monoisotopic (exact) mass is 436 g/mol. The average Bonchev–Trinajstić information content (AvgIpc) is 3.21. The van der Waals surface area contributed by atoms with Crippen molar-refractivity contribution in [2.24, 2.45) is 5.10 Å². The van der Waals surface area contributed by atoms with Gasteiger partial charge in [-0.15, -0.1) is 0 Å². The maximum atomic E-state index is 12.5. The summed E-state index contributed by atoms with van der Waals surface area (Å²) in [5.41, 5.74) is 4.62. The van der Waals surface area contributed by atoms with Crippen LogP contribution in [0.4, 0.5) is 0 Å². The lowest BCUT2D eigenvalue weighted by Crippen LogP contribution is -2.19. The van der Waals surface area contributed by atoms with E-state index < -0.39 is 5.91 Å². The number of nitrogens with zero attached hydrogens (tertiary/aromatic N) is 2. The molecular formula is C20H13BrN4O3. The number of hydrazone groups is 1. The average molecular weight is 437 g/mol. The Labute approximate surface area is 167 Å². The molecule has 4 rings (SSSR count). The molecule has 2 aromatic heterocycles. The zero-order chi connectivity index (χ0) is 19.5. The first-order valence-electron chi connectivity index (χ1n) is 8.27. The van der Waals surface area contributed by atoms with E-state index in [9.17, 15) is 9.59 Å².